The predicted octanol–water partition coefficient (Wildman–Crippen LogP) is 5.25. The number of fused-ring (bicyclic) bond motifs is 1. The lowest BCUT2D eigenvalue weighted by Crippen LogP contribution is -2.45. The van der Waals surface area contributed by atoms with E-state index < -0.39 is 5.92 Å². The second kappa shape index (κ2) is 14.7. The minimum Gasteiger partial charge on any atom is -0.359 e. The number of rotatable bonds is 14. The highest BCUT2D eigenvalue weighted by molar-refractivity contribution is 7.18. The van der Waals surface area contributed by atoms with Crippen molar-refractivity contribution in [1.82, 2.24) is 20.5 Å². The van der Waals surface area contributed by atoms with Gasteiger partial charge in [-0.05, 0) is 62.9 Å². The Balaban J connectivity index is 1.76. The summed E-state index contributed by atoms with van der Waals surface area (Å²) in [5, 5.41) is 6.83. The van der Waals surface area contributed by atoms with Gasteiger partial charge in [-0.2, -0.15) is 0 Å². The van der Waals surface area contributed by atoms with Crippen LogP contribution in [0.1, 0.15) is 81.7 Å². The lowest BCUT2D eigenvalue weighted by molar-refractivity contribution is -0.131. The maximum atomic E-state index is 13.7. The molecule has 1 heterocycles. The number of nitrogens with zero attached hydrogens (tertiary/aromatic N) is 2. The minimum absolute atomic E-state index is 0.0518. The molecule has 2 amide bonds. The Kier molecular flexibility index (Phi) is 11.7. The monoisotopic (exact) mass is 554 g/mol. The molecule has 1 fully saturated rings. The number of thiazole rings is 1. The van der Waals surface area contributed by atoms with Crippen LogP contribution in [-0.2, 0) is 20.8 Å². The van der Waals surface area contributed by atoms with Crippen molar-refractivity contribution in [3.8, 4) is 0 Å². The van der Waals surface area contributed by atoms with Crippen LogP contribution in [0.3, 0.4) is 0 Å². The van der Waals surface area contributed by atoms with E-state index in [1.165, 1.54) is 12.0 Å². The Labute approximate surface area is 237 Å². The van der Waals surface area contributed by atoms with E-state index in [1.54, 1.807) is 18.4 Å². The molecular formula is C31H46N4O3S. The molecular weight excluding hydrogens is 508 g/mol. The number of carbonyl (C=O) groups is 3. The number of hydrogen-bond acceptors (Lipinski definition) is 6. The predicted molar refractivity (Wildman–Crippen MR) is 160 cm³/mol. The summed E-state index contributed by atoms with van der Waals surface area (Å²) in [7, 11) is 5.44. The first-order valence-corrected chi connectivity index (χ1v) is 15.1. The molecule has 0 radical (unpaired) electrons. The molecule has 0 saturated heterocycles. The number of hydrogen-bond donors (Lipinski definition) is 2. The van der Waals surface area contributed by atoms with Crippen molar-refractivity contribution in [2.24, 2.45) is 11.8 Å². The van der Waals surface area contributed by atoms with Crippen molar-refractivity contribution < 1.29 is 14.4 Å². The molecule has 2 N–H and O–H groups in total. The Hall–Kier alpha value is -2.58. The molecule has 8 heteroatoms. The Morgan fingerprint density at radius 3 is 2.51 bits per heavy atom. The molecule has 7 nitrogen and oxygen atoms in total. The molecule has 39 heavy (non-hydrogen) atoms. The smallest absolute Gasteiger partial charge is 0.224 e. The van der Waals surface area contributed by atoms with Crippen LogP contribution in [0.15, 0.2) is 30.4 Å². The molecule has 214 valence electrons. The maximum Gasteiger partial charge on any atom is 0.224 e. The van der Waals surface area contributed by atoms with Gasteiger partial charge in [0.2, 0.25) is 11.8 Å². The Morgan fingerprint density at radius 2 is 1.87 bits per heavy atom. The lowest BCUT2D eigenvalue weighted by atomic mass is 9.81. The highest BCUT2D eigenvalue weighted by Gasteiger charge is 2.30. The highest BCUT2D eigenvalue weighted by Crippen LogP contribution is 2.31. The number of ketones is 1. The van der Waals surface area contributed by atoms with Crippen molar-refractivity contribution in [1.29, 1.82) is 0 Å². The minimum atomic E-state index is -0.527. The van der Waals surface area contributed by atoms with Crippen molar-refractivity contribution in [2.75, 3.05) is 27.7 Å². The normalized spacial score (nSPS) is 15.9. The van der Waals surface area contributed by atoms with Gasteiger partial charge in [0.25, 0.3) is 0 Å². The van der Waals surface area contributed by atoms with Crippen LogP contribution in [-0.4, -0.2) is 61.2 Å². The van der Waals surface area contributed by atoms with Gasteiger partial charge in [0.05, 0.1) is 21.1 Å². The zero-order chi connectivity index (χ0) is 28.5. The van der Waals surface area contributed by atoms with Crippen molar-refractivity contribution in [3.05, 3.63) is 40.9 Å². The highest BCUT2D eigenvalue weighted by atomic mass is 32.1. The number of nitrogens with one attached hydrogen (secondary N) is 2. The van der Waals surface area contributed by atoms with E-state index >= 15 is 0 Å². The number of amides is 2. The van der Waals surface area contributed by atoms with E-state index in [0.29, 0.717) is 43.2 Å². The fraction of sp³-hybridized carbons (Fsp3) is 0.613. The lowest BCUT2D eigenvalue weighted by Gasteiger charge is -2.32. The summed E-state index contributed by atoms with van der Waals surface area (Å²) in [5.74, 6) is 0.000594. The van der Waals surface area contributed by atoms with Crippen LogP contribution in [0.4, 0.5) is 0 Å². The van der Waals surface area contributed by atoms with Gasteiger partial charge in [-0.1, -0.05) is 45.8 Å². The molecule has 3 rings (SSSR count). The van der Waals surface area contributed by atoms with Crippen LogP contribution in [0.5, 0.6) is 0 Å². The van der Waals surface area contributed by atoms with Crippen LogP contribution >= 0.6 is 11.3 Å². The molecule has 1 aliphatic rings. The molecule has 0 unspecified atom stereocenters. The molecule has 2 atom stereocenters. The third kappa shape index (κ3) is 9.24. The first-order chi connectivity index (χ1) is 18.6. The second-order valence-electron chi connectivity index (χ2n) is 11.6. The fourth-order valence-electron chi connectivity index (χ4n) is 5.43. The first kappa shape index (κ1) is 31.0. The van der Waals surface area contributed by atoms with E-state index in [-0.39, 0.29) is 30.1 Å². The SMILES string of the molecule is C=C(CN(C)C)C(=O)CC[C@@H](NC(=O)[C@@H](CC(=O)NC)Cc1nc2ccc(C(C)C)cc2s1)C1CCCCC1. The fourth-order valence-corrected chi connectivity index (χ4v) is 6.52. The maximum absolute atomic E-state index is 13.7. The Morgan fingerprint density at radius 1 is 1.15 bits per heavy atom. The summed E-state index contributed by atoms with van der Waals surface area (Å²) in [6, 6.07) is 6.23. The van der Waals surface area contributed by atoms with Crippen LogP contribution in [0, 0.1) is 11.8 Å². The summed E-state index contributed by atoms with van der Waals surface area (Å²) in [6.45, 7) is 8.84. The zero-order valence-corrected chi connectivity index (χ0v) is 25.2. The molecule has 1 aliphatic carbocycles. The summed E-state index contributed by atoms with van der Waals surface area (Å²) >= 11 is 1.60. The quantitative estimate of drug-likeness (QED) is 0.312. The number of aromatic nitrogens is 1. The largest absolute Gasteiger partial charge is 0.359 e. The van der Waals surface area contributed by atoms with Gasteiger partial charge in [0, 0.05) is 44.5 Å². The summed E-state index contributed by atoms with van der Waals surface area (Å²) in [4.78, 5) is 45.6. The van der Waals surface area contributed by atoms with Crippen LogP contribution < -0.4 is 10.6 Å². The molecule has 0 spiro atoms. The summed E-state index contributed by atoms with van der Waals surface area (Å²) < 4.78 is 1.10. The van der Waals surface area contributed by atoms with Gasteiger partial charge in [0.15, 0.2) is 5.78 Å². The number of benzene rings is 1. The van der Waals surface area contributed by atoms with Gasteiger partial charge < -0.3 is 15.5 Å². The molecule has 2 aromatic rings. The van der Waals surface area contributed by atoms with Crippen molar-refractivity contribution in [2.45, 2.75) is 83.6 Å². The van der Waals surface area contributed by atoms with Gasteiger partial charge in [-0.25, -0.2) is 4.98 Å². The summed E-state index contributed by atoms with van der Waals surface area (Å²) in [5.41, 5.74) is 2.79. The number of likely N-dealkylation sites (N-methyl/N-ethyl adjacent to an activating group) is 1. The molecule has 0 aliphatic heterocycles. The van der Waals surface area contributed by atoms with E-state index in [2.05, 4.69) is 43.2 Å². The van der Waals surface area contributed by atoms with E-state index in [4.69, 9.17) is 4.98 Å². The summed E-state index contributed by atoms with van der Waals surface area (Å²) in [6.07, 6.45) is 7.07. The third-order valence-electron chi connectivity index (χ3n) is 7.76. The molecule has 1 aromatic carbocycles. The zero-order valence-electron chi connectivity index (χ0n) is 24.3. The Bertz CT molecular complexity index is 1150. The third-order valence-corrected chi connectivity index (χ3v) is 8.80. The number of Topliss-reactive ketones (excluding diaryl/α,β-unsaturated/α-hetero) is 1. The van der Waals surface area contributed by atoms with E-state index in [9.17, 15) is 14.4 Å². The van der Waals surface area contributed by atoms with Crippen molar-refractivity contribution in [3.63, 3.8) is 0 Å². The van der Waals surface area contributed by atoms with E-state index in [0.717, 1.165) is 40.9 Å². The van der Waals surface area contributed by atoms with Gasteiger partial charge in [0.1, 0.15) is 0 Å². The average Bonchev–Trinajstić information content (AvgIpc) is 3.31. The number of carbonyl (C=O) groups excluding carboxylic acids is 3. The average molecular weight is 555 g/mol. The second-order valence-corrected chi connectivity index (χ2v) is 12.7. The standard InChI is InChI=1S/C31H46N4O3S/c1-20(2)23-12-13-26-28(16-23)39-30(33-26)18-24(17-29(37)32-4)31(38)34-25(22-10-8-7-9-11-22)14-15-27(36)21(3)19-35(5)6/h12-13,16,20,22,24-25H,3,7-11,14-15,17-19H2,1-2,4-6H3,(H,32,37)(H,34,38)/t24-,25+/m0/s1. The molecule has 1 saturated carbocycles. The van der Waals surface area contributed by atoms with Crippen LogP contribution in [0.25, 0.3) is 10.2 Å². The first-order valence-electron chi connectivity index (χ1n) is 14.3. The van der Waals surface area contributed by atoms with E-state index in [1.807, 2.05) is 25.1 Å². The molecule has 0 bridgehead atoms. The topological polar surface area (TPSA) is 91.4 Å². The van der Waals surface area contributed by atoms with Gasteiger partial charge in [-0.15, -0.1) is 11.3 Å². The molecule has 1 aromatic heterocycles. The van der Waals surface area contributed by atoms with Gasteiger partial charge in [-0.3, -0.25) is 14.4 Å². The van der Waals surface area contributed by atoms with Crippen molar-refractivity contribution >= 4 is 39.2 Å². The van der Waals surface area contributed by atoms with Crippen LogP contribution in [0.2, 0.25) is 0 Å². The van der Waals surface area contributed by atoms with Gasteiger partial charge >= 0.3 is 0 Å².